The van der Waals surface area contributed by atoms with Crippen LogP contribution < -0.4 is 30.8 Å². The number of rotatable bonds is 6. The predicted octanol–water partition coefficient (Wildman–Crippen LogP) is 12.3. The second-order valence-corrected chi connectivity index (χ2v) is 15.3. The molecule has 0 spiro atoms. The molecule has 0 aliphatic carbocycles. The molecule has 0 bridgehead atoms. The van der Waals surface area contributed by atoms with E-state index < -0.39 is 0 Å². The van der Waals surface area contributed by atoms with Crippen molar-refractivity contribution in [3.05, 3.63) is 212 Å². The maximum absolute atomic E-state index is 7.07. The summed E-state index contributed by atoms with van der Waals surface area (Å²) in [5, 5.41) is 2.29. The average molecular weight is 755 g/mol. The number of benzene rings is 9. The summed E-state index contributed by atoms with van der Waals surface area (Å²) in [5.41, 5.74) is 14.4. The molecule has 0 unspecified atom stereocenters. The smallest absolute Gasteiger partial charge is 0.260 e. The third-order valence-electron chi connectivity index (χ3n) is 11.9. The van der Waals surface area contributed by atoms with Crippen LogP contribution in [0.4, 0.5) is 17.1 Å². The summed E-state index contributed by atoms with van der Waals surface area (Å²) in [5.74, 6) is 3.37. The SMILES string of the molecule is c1ccc(-c2cc3c4c(c2)Oc2cc5c6ccc(N(c7ccccc7)c7ccccc7)cc6n(-c6ccccc6)c5cc2B4c2cc(-c4ccccc4)ccc2O3)cc1. The highest BCUT2D eigenvalue weighted by molar-refractivity contribution is 6.98. The Morgan fingerprint density at radius 3 is 1.54 bits per heavy atom. The minimum absolute atomic E-state index is 0.116. The van der Waals surface area contributed by atoms with Crippen LogP contribution in [-0.2, 0) is 0 Å². The fourth-order valence-electron chi connectivity index (χ4n) is 9.20. The molecule has 1 aromatic heterocycles. The molecule has 276 valence electrons. The van der Waals surface area contributed by atoms with Crippen LogP contribution in [0.25, 0.3) is 49.7 Å². The maximum Gasteiger partial charge on any atom is 0.260 e. The minimum atomic E-state index is -0.116. The van der Waals surface area contributed by atoms with Gasteiger partial charge in [0.1, 0.15) is 23.0 Å². The monoisotopic (exact) mass is 754 g/mol. The van der Waals surface area contributed by atoms with Crippen LogP contribution in [0.15, 0.2) is 212 Å². The number of ether oxygens (including phenoxy) is 2. The third-order valence-corrected chi connectivity index (χ3v) is 11.9. The molecule has 9 aromatic carbocycles. The Hall–Kier alpha value is -7.76. The van der Waals surface area contributed by atoms with Crippen LogP contribution >= 0.6 is 0 Å². The number of hydrogen-bond acceptors (Lipinski definition) is 3. The fraction of sp³-hybridized carbons (Fsp3) is 0. The molecule has 0 N–H and O–H groups in total. The zero-order valence-electron chi connectivity index (χ0n) is 32.0. The number of aromatic nitrogens is 1. The van der Waals surface area contributed by atoms with Crippen LogP contribution in [0.2, 0.25) is 0 Å². The van der Waals surface area contributed by atoms with Gasteiger partial charge in [-0.3, -0.25) is 0 Å². The maximum atomic E-state index is 7.07. The Bertz CT molecular complexity index is 3170. The van der Waals surface area contributed by atoms with Crippen LogP contribution in [0.1, 0.15) is 0 Å². The quantitative estimate of drug-likeness (QED) is 0.158. The van der Waals surface area contributed by atoms with Gasteiger partial charge in [-0.15, -0.1) is 0 Å². The van der Waals surface area contributed by atoms with Gasteiger partial charge < -0.3 is 18.9 Å². The highest BCUT2D eigenvalue weighted by Gasteiger charge is 2.41. The van der Waals surface area contributed by atoms with E-state index in [2.05, 4.69) is 216 Å². The molecule has 59 heavy (non-hydrogen) atoms. The van der Waals surface area contributed by atoms with Gasteiger partial charge in [0.05, 0.1) is 11.0 Å². The van der Waals surface area contributed by atoms with Gasteiger partial charge >= 0.3 is 0 Å². The molecule has 0 saturated carbocycles. The van der Waals surface area contributed by atoms with Crippen LogP contribution in [-0.4, -0.2) is 11.3 Å². The first kappa shape index (κ1) is 33.4. The van der Waals surface area contributed by atoms with Gasteiger partial charge in [0.15, 0.2) is 0 Å². The average Bonchev–Trinajstić information content (AvgIpc) is 3.62. The summed E-state index contributed by atoms with van der Waals surface area (Å²) < 4.78 is 16.3. The standard InChI is InChI=1S/C54H35BN2O2/c1-6-16-36(17-7-1)38-26-29-50-46(30-38)55-47-35-49-45(34-51(47)59-53-32-39(31-52(58-50)54(53)55)37-18-8-2-9-19-37)44-28-27-43(33-48(44)57(49)42-24-14-5-15-25-42)56(40-20-10-3-11-21-40)41-22-12-4-13-23-41/h1-35H. The van der Waals surface area contributed by atoms with Gasteiger partial charge in [-0.1, -0.05) is 133 Å². The molecule has 2 aliphatic rings. The number of hydrogen-bond donors (Lipinski definition) is 0. The van der Waals surface area contributed by atoms with E-state index in [1.807, 2.05) is 6.07 Å². The van der Waals surface area contributed by atoms with Gasteiger partial charge in [-0.2, -0.15) is 0 Å². The van der Waals surface area contributed by atoms with Gasteiger partial charge in [0.2, 0.25) is 0 Å². The van der Waals surface area contributed by atoms with Crippen molar-refractivity contribution in [3.63, 3.8) is 0 Å². The number of anilines is 3. The Labute approximate surface area is 342 Å². The lowest BCUT2D eigenvalue weighted by atomic mass is 9.34. The fourth-order valence-corrected chi connectivity index (χ4v) is 9.20. The Kier molecular flexibility index (Phi) is 7.60. The van der Waals surface area contributed by atoms with Crippen molar-refractivity contribution in [2.75, 3.05) is 4.90 Å². The van der Waals surface area contributed by atoms with Crippen molar-refractivity contribution < 1.29 is 9.47 Å². The molecule has 0 fully saturated rings. The van der Waals surface area contributed by atoms with Gasteiger partial charge in [-0.05, 0) is 112 Å². The van der Waals surface area contributed by atoms with Crippen molar-refractivity contribution in [1.29, 1.82) is 0 Å². The van der Waals surface area contributed by atoms with E-state index in [9.17, 15) is 0 Å². The Balaban J connectivity index is 1.12. The predicted molar refractivity (Wildman–Crippen MR) is 244 cm³/mol. The first-order valence-electron chi connectivity index (χ1n) is 20.1. The lowest BCUT2D eigenvalue weighted by molar-refractivity contribution is 0.465. The van der Waals surface area contributed by atoms with E-state index >= 15 is 0 Å². The van der Waals surface area contributed by atoms with E-state index in [4.69, 9.17) is 9.47 Å². The van der Waals surface area contributed by atoms with Crippen LogP contribution in [0.3, 0.4) is 0 Å². The van der Waals surface area contributed by atoms with E-state index in [0.717, 1.165) is 101 Å². The van der Waals surface area contributed by atoms with E-state index in [0.29, 0.717) is 0 Å². The molecule has 0 amide bonds. The molecular formula is C54H35BN2O2. The lowest BCUT2D eigenvalue weighted by Gasteiger charge is -2.34. The van der Waals surface area contributed by atoms with Crippen molar-refractivity contribution in [1.82, 2.24) is 4.57 Å². The number of nitrogens with zero attached hydrogens (tertiary/aromatic N) is 2. The van der Waals surface area contributed by atoms with Gasteiger partial charge in [0, 0.05) is 39.0 Å². The summed E-state index contributed by atoms with van der Waals surface area (Å²) in [6.45, 7) is -0.116. The summed E-state index contributed by atoms with van der Waals surface area (Å²) in [6, 6.07) is 75.4. The van der Waals surface area contributed by atoms with Crippen molar-refractivity contribution in [2.24, 2.45) is 0 Å². The molecule has 5 heteroatoms. The third kappa shape index (κ3) is 5.47. The molecule has 10 aromatic rings. The highest BCUT2D eigenvalue weighted by atomic mass is 16.5. The molecule has 4 nitrogen and oxygen atoms in total. The number of fused-ring (bicyclic) bond motifs is 7. The number of para-hydroxylation sites is 3. The Morgan fingerprint density at radius 1 is 0.356 bits per heavy atom. The van der Waals surface area contributed by atoms with Crippen molar-refractivity contribution in [3.8, 4) is 50.9 Å². The summed E-state index contributed by atoms with van der Waals surface area (Å²) in [6.07, 6.45) is 0. The molecule has 0 radical (unpaired) electrons. The van der Waals surface area contributed by atoms with Crippen molar-refractivity contribution >= 4 is 62.0 Å². The normalized spacial score (nSPS) is 12.3. The first-order valence-corrected chi connectivity index (χ1v) is 20.1. The molecule has 12 rings (SSSR count). The second kappa shape index (κ2) is 13.4. The molecule has 2 aliphatic heterocycles. The molecule has 0 saturated heterocycles. The largest absolute Gasteiger partial charge is 0.458 e. The van der Waals surface area contributed by atoms with E-state index in [1.165, 1.54) is 5.56 Å². The summed E-state index contributed by atoms with van der Waals surface area (Å²) >= 11 is 0. The van der Waals surface area contributed by atoms with E-state index in [1.54, 1.807) is 0 Å². The molecular weight excluding hydrogens is 719 g/mol. The van der Waals surface area contributed by atoms with Gasteiger partial charge in [-0.25, -0.2) is 0 Å². The van der Waals surface area contributed by atoms with Crippen molar-refractivity contribution in [2.45, 2.75) is 0 Å². The van der Waals surface area contributed by atoms with E-state index in [-0.39, 0.29) is 6.71 Å². The Morgan fingerprint density at radius 2 is 0.898 bits per heavy atom. The highest BCUT2D eigenvalue weighted by Crippen LogP contribution is 2.43. The molecule has 3 heterocycles. The van der Waals surface area contributed by atoms with Crippen LogP contribution in [0, 0.1) is 0 Å². The van der Waals surface area contributed by atoms with Gasteiger partial charge in [0.25, 0.3) is 6.71 Å². The summed E-state index contributed by atoms with van der Waals surface area (Å²) in [7, 11) is 0. The van der Waals surface area contributed by atoms with Crippen LogP contribution in [0.5, 0.6) is 23.0 Å². The zero-order valence-corrected chi connectivity index (χ0v) is 32.0. The topological polar surface area (TPSA) is 26.6 Å². The lowest BCUT2D eigenvalue weighted by Crippen LogP contribution is -2.57. The summed E-state index contributed by atoms with van der Waals surface area (Å²) in [4.78, 5) is 2.33. The first-order chi connectivity index (χ1) is 29.2. The minimum Gasteiger partial charge on any atom is -0.458 e. The zero-order chi connectivity index (χ0) is 38.9. The molecule has 0 atom stereocenters. The second-order valence-electron chi connectivity index (χ2n) is 15.3.